The molecule has 0 aliphatic heterocycles. The molecule has 1 heterocycles. The van der Waals surface area contributed by atoms with Crippen molar-refractivity contribution < 1.29 is 4.74 Å². The van der Waals surface area contributed by atoms with E-state index in [-0.39, 0.29) is 5.54 Å². The van der Waals surface area contributed by atoms with Crippen LogP contribution in [-0.4, -0.2) is 18.7 Å². The number of methoxy groups -OCH3 is 1. The van der Waals surface area contributed by atoms with Crippen molar-refractivity contribution in [2.75, 3.05) is 13.7 Å². The van der Waals surface area contributed by atoms with Gasteiger partial charge in [-0.2, -0.15) is 0 Å². The molecule has 2 N–H and O–H groups in total. The lowest BCUT2D eigenvalue weighted by atomic mass is 10.1. The zero-order chi connectivity index (χ0) is 13.9. The normalized spacial score (nSPS) is 11.8. The van der Waals surface area contributed by atoms with E-state index >= 15 is 0 Å². The maximum atomic E-state index is 6.06. The van der Waals surface area contributed by atoms with Gasteiger partial charge in [0.25, 0.3) is 0 Å². The van der Waals surface area contributed by atoms with Crippen molar-refractivity contribution in [3.63, 3.8) is 0 Å². The van der Waals surface area contributed by atoms with Crippen LogP contribution in [0.2, 0.25) is 0 Å². The second kappa shape index (κ2) is 5.82. The summed E-state index contributed by atoms with van der Waals surface area (Å²) in [7, 11) is 1.72. The number of nitrogens with zero attached hydrogens (tertiary/aromatic N) is 1. The molecule has 0 radical (unpaired) electrons. The Morgan fingerprint density at radius 1 is 1.26 bits per heavy atom. The van der Waals surface area contributed by atoms with E-state index in [2.05, 4.69) is 34.6 Å². The average molecular weight is 276 g/mol. The first-order chi connectivity index (χ1) is 9.00. The largest absolute Gasteiger partial charge is 0.384 e. The van der Waals surface area contributed by atoms with E-state index in [0.29, 0.717) is 0 Å². The minimum atomic E-state index is -0.374. The molecule has 0 fully saturated rings. The van der Waals surface area contributed by atoms with Crippen molar-refractivity contribution >= 4 is 11.3 Å². The van der Waals surface area contributed by atoms with Gasteiger partial charge in [-0.1, -0.05) is 24.3 Å². The Hall–Kier alpha value is -1.23. The molecule has 0 bridgehead atoms. The Balaban J connectivity index is 2.16. The van der Waals surface area contributed by atoms with Crippen LogP contribution in [0.25, 0.3) is 11.3 Å². The number of ether oxygens (including phenoxy) is 1. The summed E-state index contributed by atoms with van der Waals surface area (Å²) in [6.45, 7) is 4.70. The molecule has 0 aliphatic carbocycles. The third kappa shape index (κ3) is 3.62. The molecule has 19 heavy (non-hydrogen) atoms. The van der Waals surface area contributed by atoms with Gasteiger partial charge in [-0.05, 0) is 25.8 Å². The minimum absolute atomic E-state index is 0.374. The lowest BCUT2D eigenvalue weighted by Gasteiger charge is -2.13. The van der Waals surface area contributed by atoms with E-state index in [0.717, 1.165) is 29.3 Å². The Morgan fingerprint density at radius 2 is 1.95 bits per heavy atom. The third-order valence-corrected chi connectivity index (χ3v) is 4.08. The summed E-state index contributed by atoms with van der Waals surface area (Å²) < 4.78 is 5.08. The van der Waals surface area contributed by atoms with Gasteiger partial charge in [0.1, 0.15) is 5.01 Å². The molecule has 3 nitrogen and oxygen atoms in total. The Morgan fingerprint density at radius 3 is 2.47 bits per heavy atom. The molecule has 1 aromatic heterocycles. The lowest BCUT2D eigenvalue weighted by molar-refractivity contribution is 0.202. The number of hydrogen-bond donors (Lipinski definition) is 1. The summed E-state index contributed by atoms with van der Waals surface area (Å²) >= 11 is 1.61. The van der Waals surface area contributed by atoms with E-state index < -0.39 is 0 Å². The Labute approximate surface area is 118 Å². The number of thiazole rings is 1. The van der Waals surface area contributed by atoms with Crippen molar-refractivity contribution in [2.45, 2.75) is 25.8 Å². The summed E-state index contributed by atoms with van der Waals surface area (Å²) in [5, 5.41) is 3.03. The number of rotatable bonds is 5. The van der Waals surface area contributed by atoms with E-state index in [4.69, 9.17) is 10.5 Å². The maximum absolute atomic E-state index is 6.06. The quantitative estimate of drug-likeness (QED) is 0.912. The zero-order valence-electron chi connectivity index (χ0n) is 11.6. The topological polar surface area (TPSA) is 48.1 Å². The van der Waals surface area contributed by atoms with Crippen LogP contribution in [0.3, 0.4) is 0 Å². The van der Waals surface area contributed by atoms with Crippen molar-refractivity contribution in [3.05, 3.63) is 40.2 Å². The highest BCUT2D eigenvalue weighted by molar-refractivity contribution is 7.10. The van der Waals surface area contributed by atoms with Gasteiger partial charge in [0.2, 0.25) is 0 Å². The molecular weight excluding hydrogens is 256 g/mol. The second-order valence-corrected chi connectivity index (χ2v) is 6.06. The molecule has 0 saturated heterocycles. The highest BCUT2D eigenvalue weighted by Gasteiger charge is 2.18. The molecule has 0 amide bonds. The maximum Gasteiger partial charge on any atom is 0.113 e. The van der Waals surface area contributed by atoms with Crippen LogP contribution in [0, 0.1) is 0 Å². The van der Waals surface area contributed by atoms with Crippen LogP contribution in [-0.2, 0) is 16.7 Å². The molecule has 1 aromatic carbocycles. The first-order valence-electron chi connectivity index (χ1n) is 6.34. The van der Waals surface area contributed by atoms with Gasteiger partial charge in [0, 0.05) is 18.1 Å². The standard InChI is InChI=1S/C15H20N2OS/c1-15(2,16)14-17-13(10-19-14)12-6-4-11(5-7-12)8-9-18-3/h4-7,10H,8-9,16H2,1-3H3. The van der Waals surface area contributed by atoms with Gasteiger partial charge in [-0.25, -0.2) is 4.98 Å². The zero-order valence-corrected chi connectivity index (χ0v) is 12.5. The molecule has 0 atom stereocenters. The van der Waals surface area contributed by atoms with E-state index in [1.807, 2.05) is 13.8 Å². The highest BCUT2D eigenvalue weighted by Crippen LogP contribution is 2.27. The molecule has 0 unspecified atom stereocenters. The first-order valence-corrected chi connectivity index (χ1v) is 7.22. The highest BCUT2D eigenvalue weighted by atomic mass is 32.1. The minimum Gasteiger partial charge on any atom is -0.384 e. The molecular formula is C15H20N2OS. The van der Waals surface area contributed by atoms with Gasteiger partial charge in [0.05, 0.1) is 17.8 Å². The fourth-order valence-corrected chi connectivity index (χ4v) is 2.63. The van der Waals surface area contributed by atoms with Gasteiger partial charge in [-0.15, -0.1) is 11.3 Å². The number of benzene rings is 1. The summed E-state index contributed by atoms with van der Waals surface area (Å²) in [6, 6.07) is 8.46. The van der Waals surface area contributed by atoms with E-state index in [1.165, 1.54) is 5.56 Å². The molecule has 4 heteroatoms. The Kier molecular flexibility index (Phi) is 4.34. The predicted octanol–water partition coefficient (Wildman–Crippen LogP) is 3.19. The van der Waals surface area contributed by atoms with Crippen LogP contribution in [0.5, 0.6) is 0 Å². The molecule has 102 valence electrons. The van der Waals surface area contributed by atoms with Gasteiger partial charge < -0.3 is 10.5 Å². The van der Waals surface area contributed by atoms with Crippen molar-refractivity contribution in [1.82, 2.24) is 4.98 Å². The fourth-order valence-electron chi connectivity index (χ4n) is 1.76. The van der Waals surface area contributed by atoms with Crippen LogP contribution >= 0.6 is 11.3 Å². The third-order valence-electron chi connectivity index (χ3n) is 2.90. The number of aromatic nitrogens is 1. The lowest BCUT2D eigenvalue weighted by Crippen LogP contribution is -2.28. The van der Waals surface area contributed by atoms with Crippen LogP contribution in [0.15, 0.2) is 29.6 Å². The first kappa shape index (κ1) is 14.2. The van der Waals surface area contributed by atoms with Crippen LogP contribution < -0.4 is 5.73 Å². The van der Waals surface area contributed by atoms with Crippen molar-refractivity contribution in [3.8, 4) is 11.3 Å². The van der Waals surface area contributed by atoms with Crippen molar-refractivity contribution in [1.29, 1.82) is 0 Å². The molecule has 0 saturated carbocycles. The SMILES string of the molecule is COCCc1ccc(-c2csc(C(C)(C)N)n2)cc1. The monoisotopic (exact) mass is 276 g/mol. The summed E-state index contributed by atoms with van der Waals surface area (Å²) in [4.78, 5) is 4.61. The second-order valence-electron chi connectivity index (χ2n) is 5.20. The molecule has 2 rings (SSSR count). The van der Waals surface area contributed by atoms with E-state index in [1.54, 1.807) is 18.4 Å². The summed E-state index contributed by atoms with van der Waals surface area (Å²) in [6.07, 6.45) is 0.939. The van der Waals surface area contributed by atoms with Crippen LogP contribution in [0.1, 0.15) is 24.4 Å². The molecule has 0 spiro atoms. The van der Waals surface area contributed by atoms with Gasteiger partial charge in [0.15, 0.2) is 0 Å². The summed E-state index contributed by atoms with van der Waals surface area (Å²) in [5.41, 5.74) is 9.09. The molecule has 2 aromatic rings. The summed E-state index contributed by atoms with van der Waals surface area (Å²) in [5.74, 6) is 0. The smallest absolute Gasteiger partial charge is 0.113 e. The number of hydrogen-bond acceptors (Lipinski definition) is 4. The fraction of sp³-hybridized carbons (Fsp3) is 0.400. The van der Waals surface area contributed by atoms with Gasteiger partial charge >= 0.3 is 0 Å². The molecule has 0 aliphatic rings. The van der Waals surface area contributed by atoms with E-state index in [9.17, 15) is 0 Å². The predicted molar refractivity (Wildman–Crippen MR) is 80.3 cm³/mol. The Bertz CT molecular complexity index is 526. The van der Waals surface area contributed by atoms with Gasteiger partial charge in [-0.3, -0.25) is 0 Å². The average Bonchev–Trinajstić information content (AvgIpc) is 2.86. The van der Waals surface area contributed by atoms with Crippen LogP contribution in [0.4, 0.5) is 0 Å². The van der Waals surface area contributed by atoms with Crippen molar-refractivity contribution in [2.24, 2.45) is 5.73 Å². The number of nitrogens with two attached hydrogens (primary N) is 1.